The summed E-state index contributed by atoms with van der Waals surface area (Å²) in [6, 6.07) is 14.2. The van der Waals surface area contributed by atoms with Crippen molar-refractivity contribution in [2.75, 3.05) is 17.7 Å². The smallest absolute Gasteiger partial charge is 0.421 e. The number of aromatic nitrogens is 2. The molecule has 1 aromatic heterocycles. The number of benzene rings is 2. The number of nitrogens with zero attached hydrogens (tertiary/aromatic N) is 2. The number of methoxy groups -OCH3 is 1. The molecule has 1 heterocycles. The van der Waals surface area contributed by atoms with Crippen LogP contribution in [0.25, 0.3) is 0 Å². The van der Waals surface area contributed by atoms with Crippen LogP contribution >= 0.6 is 0 Å². The largest absolute Gasteiger partial charge is 0.497 e. The quantitative estimate of drug-likeness (QED) is 0.460. The van der Waals surface area contributed by atoms with Gasteiger partial charge in [0.05, 0.1) is 7.11 Å². The molecule has 0 saturated carbocycles. The highest BCUT2D eigenvalue weighted by atomic mass is 19.4. The number of rotatable bonds is 7. The first-order chi connectivity index (χ1) is 14.3. The van der Waals surface area contributed by atoms with Crippen LogP contribution in [0.2, 0.25) is 0 Å². The molecule has 2 N–H and O–H groups in total. The third-order valence-electron chi connectivity index (χ3n) is 4.80. The monoisotopic (exact) mass is 416 g/mol. The molecule has 5 nitrogen and oxygen atoms in total. The molecule has 2 aromatic carbocycles. The van der Waals surface area contributed by atoms with Gasteiger partial charge >= 0.3 is 6.18 Å². The summed E-state index contributed by atoms with van der Waals surface area (Å²) < 4.78 is 45.8. The molecule has 0 aliphatic carbocycles. The van der Waals surface area contributed by atoms with Gasteiger partial charge in [0.1, 0.15) is 17.1 Å². The molecule has 3 rings (SSSR count). The first kappa shape index (κ1) is 21.4. The molecular weight excluding hydrogens is 393 g/mol. The van der Waals surface area contributed by atoms with Crippen molar-refractivity contribution in [3.05, 3.63) is 65.9 Å². The summed E-state index contributed by atoms with van der Waals surface area (Å²) in [6.45, 7) is 4.06. The number of ether oxygens (including phenoxy) is 1. The van der Waals surface area contributed by atoms with E-state index in [1.54, 1.807) is 43.5 Å². The van der Waals surface area contributed by atoms with Crippen LogP contribution in [-0.2, 0) is 6.18 Å². The Balaban J connectivity index is 1.96. The lowest BCUT2D eigenvalue weighted by atomic mass is 9.97. The van der Waals surface area contributed by atoms with Gasteiger partial charge in [-0.05, 0) is 48.2 Å². The van der Waals surface area contributed by atoms with E-state index < -0.39 is 11.7 Å². The van der Waals surface area contributed by atoms with Crippen LogP contribution in [0.1, 0.15) is 37.3 Å². The zero-order valence-corrected chi connectivity index (χ0v) is 16.9. The maximum atomic E-state index is 13.6. The minimum Gasteiger partial charge on any atom is -0.497 e. The lowest BCUT2D eigenvalue weighted by molar-refractivity contribution is -0.137. The van der Waals surface area contributed by atoms with Crippen molar-refractivity contribution >= 4 is 23.1 Å². The number of alkyl halides is 3. The van der Waals surface area contributed by atoms with E-state index in [0.29, 0.717) is 17.1 Å². The highest BCUT2D eigenvalue weighted by Crippen LogP contribution is 2.37. The van der Waals surface area contributed by atoms with Crippen molar-refractivity contribution in [1.29, 1.82) is 0 Å². The van der Waals surface area contributed by atoms with E-state index in [-0.39, 0.29) is 17.7 Å². The van der Waals surface area contributed by atoms with E-state index in [2.05, 4.69) is 20.6 Å². The predicted octanol–water partition coefficient (Wildman–Crippen LogP) is 6.50. The predicted molar refractivity (Wildman–Crippen MR) is 112 cm³/mol. The molecule has 1 atom stereocenters. The average Bonchev–Trinajstić information content (AvgIpc) is 2.73. The normalized spacial score (nSPS) is 12.3. The van der Waals surface area contributed by atoms with Crippen molar-refractivity contribution in [2.24, 2.45) is 0 Å². The molecule has 3 aromatic rings. The minimum atomic E-state index is -4.59. The highest BCUT2D eigenvalue weighted by Gasteiger charge is 2.35. The van der Waals surface area contributed by atoms with Crippen LogP contribution < -0.4 is 15.4 Å². The fourth-order valence-corrected chi connectivity index (χ4v) is 2.94. The molecule has 0 spiro atoms. The Kier molecular flexibility index (Phi) is 6.44. The fraction of sp³-hybridized carbons (Fsp3) is 0.273. The molecule has 8 heteroatoms. The first-order valence-corrected chi connectivity index (χ1v) is 9.53. The van der Waals surface area contributed by atoms with Crippen LogP contribution in [0, 0.1) is 0 Å². The Morgan fingerprint density at radius 2 is 1.73 bits per heavy atom. The summed E-state index contributed by atoms with van der Waals surface area (Å²) in [4.78, 5) is 7.96. The number of nitrogens with one attached hydrogen (secondary N) is 2. The van der Waals surface area contributed by atoms with Gasteiger partial charge in [0.25, 0.3) is 0 Å². The second-order valence-corrected chi connectivity index (χ2v) is 6.83. The van der Waals surface area contributed by atoms with Gasteiger partial charge in [-0.3, -0.25) is 0 Å². The minimum absolute atomic E-state index is 0.0525. The highest BCUT2D eigenvalue weighted by molar-refractivity contribution is 5.66. The van der Waals surface area contributed by atoms with Crippen molar-refractivity contribution in [3.8, 4) is 5.75 Å². The fourth-order valence-electron chi connectivity index (χ4n) is 2.94. The van der Waals surface area contributed by atoms with Crippen molar-refractivity contribution in [2.45, 2.75) is 32.4 Å². The molecule has 0 amide bonds. The van der Waals surface area contributed by atoms with E-state index in [0.717, 1.165) is 18.2 Å². The zero-order valence-electron chi connectivity index (χ0n) is 16.9. The van der Waals surface area contributed by atoms with E-state index >= 15 is 0 Å². The van der Waals surface area contributed by atoms with E-state index in [4.69, 9.17) is 4.74 Å². The van der Waals surface area contributed by atoms with Crippen LogP contribution in [-0.4, -0.2) is 17.1 Å². The van der Waals surface area contributed by atoms with Gasteiger partial charge in [0.15, 0.2) is 0 Å². The number of hydrogen-bond donors (Lipinski definition) is 2. The molecule has 0 aliphatic heterocycles. The van der Waals surface area contributed by atoms with E-state index in [9.17, 15) is 13.2 Å². The van der Waals surface area contributed by atoms with Gasteiger partial charge in [-0.2, -0.15) is 18.2 Å². The molecule has 0 fully saturated rings. The summed E-state index contributed by atoms with van der Waals surface area (Å²) in [5, 5.41) is 5.80. The van der Waals surface area contributed by atoms with Gasteiger partial charge in [-0.25, -0.2) is 4.98 Å². The summed E-state index contributed by atoms with van der Waals surface area (Å²) in [6.07, 6.45) is -2.95. The molecule has 158 valence electrons. The summed E-state index contributed by atoms with van der Waals surface area (Å²) >= 11 is 0. The lowest BCUT2D eigenvalue weighted by Gasteiger charge is -2.19. The van der Waals surface area contributed by atoms with Gasteiger partial charge in [-0.15, -0.1) is 0 Å². The molecule has 0 aliphatic rings. The summed E-state index contributed by atoms with van der Waals surface area (Å²) in [5.74, 6) is 0.598. The SMILES string of the molecule is CCC(C)c1ccccc1Nc1nc(Nc2ccc(OC)cc2)ncc1C(F)(F)F. The van der Waals surface area contributed by atoms with E-state index in [1.807, 2.05) is 26.0 Å². The van der Waals surface area contributed by atoms with Crippen LogP contribution in [0.5, 0.6) is 5.75 Å². The summed E-state index contributed by atoms with van der Waals surface area (Å²) in [5.41, 5.74) is 1.21. The third-order valence-corrected chi connectivity index (χ3v) is 4.80. The maximum absolute atomic E-state index is 13.6. The maximum Gasteiger partial charge on any atom is 0.421 e. The van der Waals surface area contributed by atoms with Crippen molar-refractivity contribution in [3.63, 3.8) is 0 Å². The zero-order chi connectivity index (χ0) is 21.7. The Morgan fingerprint density at radius 3 is 2.37 bits per heavy atom. The Labute approximate surface area is 173 Å². The first-order valence-electron chi connectivity index (χ1n) is 9.53. The number of anilines is 4. The number of para-hydroxylation sites is 1. The Morgan fingerprint density at radius 1 is 1.03 bits per heavy atom. The van der Waals surface area contributed by atoms with Gasteiger partial charge in [0, 0.05) is 17.6 Å². The molecule has 0 bridgehead atoms. The number of halogens is 3. The van der Waals surface area contributed by atoms with Crippen molar-refractivity contribution in [1.82, 2.24) is 9.97 Å². The second-order valence-electron chi connectivity index (χ2n) is 6.83. The van der Waals surface area contributed by atoms with Gasteiger partial charge in [-0.1, -0.05) is 32.0 Å². The molecule has 1 unspecified atom stereocenters. The second kappa shape index (κ2) is 9.02. The molecule has 0 saturated heterocycles. The van der Waals surface area contributed by atoms with Crippen LogP contribution in [0.3, 0.4) is 0 Å². The van der Waals surface area contributed by atoms with Gasteiger partial charge in [0.2, 0.25) is 5.95 Å². The van der Waals surface area contributed by atoms with Crippen molar-refractivity contribution < 1.29 is 17.9 Å². The third kappa shape index (κ3) is 5.00. The van der Waals surface area contributed by atoms with Gasteiger partial charge < -0.3 is 15.4 Å². The standard InChI is InChI=1S/C22H23F3N4O/c1-4-14(2)17-7-5-6-8-19(17)28-20-18(22(23,24)25)13-26-21(29-20)27-15-9-11-16(30-3)12-10-15/h5-14H,4H2,1-3H3,(H2,26,27,28,29). The van der Waals surface area contributed by atoms with Crippen LogP contribution in [0.15, 0.2) is 54.7 Å². The van der Waals surface area contributed by atoms with Crippen LogP contribution in [0.4, 0.5) is 36.3 Å². The Bertz CT molecular complexity index is 990. The molecular formula is C22H23F3N4O. The van der Waals surface area contributed by atoms with E-state index in [1.165, 1.54) is 0 Å². The summed E-state index contributed by atoms with van der Waals surface area (Å²) in [7, 11) is 1.55. The number of hydrogen-bond acceptors (Lipinski definition) is 5. The molecule has 30 heavy (non-hydrogen) atoms. The lowest BCUT2D eigenvalue weighted by Crippen LogP contribution is -2.13. The topological polar surface area (TPSA) is 59.1 Å². The molecule has 0 radical (unpaired) electrons. The Hall–Kier alpha value is -3.29. The average molecular weight is 416 g/mol.